The number of ether oxygens (including phenoxy) is 2. The van der Waals surface area contributed by atoms with Crippen LogP contribution in [0.3, 0.4) is 0 Å². The topological polar surface area (TPSA) is 67.8 Å². The van der Waals surface area contributed by atoms with Crippen LogP contribution in [0.15, 0.2) is 24.3 Å². The van der Waals surface area contributed by atoms with Crippen molar-refractivity contribution in [1.82, 2.24) is 5.32 Å². The van der Waals surface area contributed by atoms with Gasteiger partial charge in [0.25, 0.3) is 0 Å². The van der Waals surface area contributed by atoms with Crippen molar-refractivity contribution >= 4 is 6.09 Å². The highest BCUT2D eigenvalue weighted by atomic mass is 16.5. The minimum absolute atomic E-state index is 0.190. The van der Waals surface area contributed by atoms with Crippen molar-refractivity contribution < 1.29 is 19.4 Å². The van der Waals surface area contributed by atoms with Crippen LogP contribution in [-0.2, 0) is 4.74 Å². The number of hydrogen-bond acceptors (Lipinski definition) is 4. The van der Waals surface area contributed by atoms with Crippen LogP contribution in [-0.4, -0.2) is 31.5 Å². The van der Waals surface area contributed by atoms with E-state index in [-0.39, 0.29) is 5.75 Å². The van der Waals surface area contributed by atoms with Crippen LogP contribution in [0.2, 0.25) is 0 Å². The van der Waals surface area contributed by atoms with E-state index in [4.69, 9.17) is 9.84 Å². The van der Waals surface area contributed by atoms with Gasteiger partial charge in [-0.25, -0.2) is 4.79 Å². The predicted octanol–water partition coefficient (Wildman–Crippen LogP) is 1.13. The molecule has 15 heavy (non-hydrogen) atoms. The number of rotatable bonds is 4. The molecule has 0 fully saturated rings. The molecule has 0 atom stereocenters. The fraction of sp³-hybridized carbons (Fsp3) is 0.300. The van der Waals surface area contributed by atoms with Gasteiger partial charge in [0.2, 0.25) is 0 Å². The van der Waals surface area contributed by atoms with Crippen molar-refractivity contribution in [3.63, 3.8) is 0 Å². The van der Waals surface area contributed by atoms with Gasteiger partial charge in [-0.3, -0.25) is 0 Å². The van der Waals surface area contributed by atoms with Crippen LogP contribution in [0, 0.1) is 0 Å². The van der Waals surface area contributed by atoms with Crippen molar-refractivity contribution in [2.24, 2.45) is 0 Å². The molecule has 0 unspecified atom stereocenters. The molecule has 0 bridgehead atoms. The standard InChI is InChI=1S/C10H13NO4/c1-14-10(13)11-6-7-15-9-4-2-8(12)3-5-9/h2-5,12H,6-7H2,1H3,(H,11,13). The summed E-state index contributed by atoms with van der Waals surface area (Å²) in [4.78, 5) is 10.6. The number of phenolic OH excluding ortho intramolecular Hbond substituents is 1. The maximum Gasteiger partial charge on any atom is 0.406 e. The summed E-state index contributed by atoms with van der Waals surface area (Å²) >= 11 is 0. The third-order valence-corrected chi connectivity index (χ3v) is 1.66. The van der Waals surface area contributed by atoms with Crippen molar-refractivity contribution in [2.45, 2.75) is 0 Å². The van der Waals surface area contributed by atoms with Crippen LogP contribution in [0.5, 0.6) is 11.5 Å². The molecule has 1 rings (SSSR count). The Kier molecular flexibility index (Phi) is 4.28. The minimum Gasteiger partial charge on any atom is -0.508 e. The van der Waals surface area contributed by atoms with E-state index in [1.807, 2.05) is 0 Å². The summed E-state index contributed by atoms with van der Waals surface area (Å²) in [7, 11) is 1.30. The molecule has 0 aliphatic rings. The van der Waals surface area contributed by atoms with Gasteiger partial charge < -0.3 is 19.9 Å². The second kappa shape index (κ2) is 5.74. The summed E-state index contributed by atoms with van der Waals surface area (Å²) < 4.78 is 9.65. The molecule has 0 radical (unpaired) electrons. The van der Waals surface area contributed by atoms with E-state index >= 15 is 0 Å². The number of phenols is 1. The summed E-state index contributed by atoms with van der Waals surface area (Å²) in [5, 5.41) is 11.5. The Bertz CT molecular complexity index is 310. The van der Waals surface area contributed by atoms with Crippen molar-refractivity contribution in [3.05, 3.63) is 24.3 Å². The molecular formula is C10H13NO4. The average molecular weight is 211 g/mol. The Hall–Kier alpha value is -1.91. The normalized spacial score (nSPS) is 9.40. The number of amides is 1. The highest BCUT2D eigenvalue weighted by molar-refractivity contribution is 5.66. The lowest BCUT2D eigenvalue weighted by Gasteiger charge is -2.06. The lowest BCUT2D eigenvalue weighted by Crippen LogP contribution is -2.27. The summed E-state index contributed by atoms with van der Waals surface area (Å²) in [5.74, 6) is 0.828. The Morgan fingerprint density at radius 2 is 2.07 bits per heavy atom. The minimum atomic E-state index is -0.482. The van der Waals surface area contributed by atoms with E-state index in [1.165, 1.54) is 19.2 Å². The maximum absolute atomic E-state index is 10.6. The fourth-order valence-corrected chi connectivity index (χ4v) is 0.937. The first-order chi connectivity index (χ1) is 7.22. The fourth-order valence-electron chi connectivity index (χ4n) is 0.937. The SMILES string of the molecule is COC(=O)NCCOc1ccc(O)cc1. The van der Waals surface area contributed by atoms with Crippen molar-refractivity contribution in [1.29, 1.82) is 0 Å². The van der Waals surface area contributed by atoms with Gasteiger partial charge in [0, 0.05) is 0 Å². The average Bonchev–Trinajstić information content (AvgIpc) is 2.26. The zero-order valence-electron chi connectivity index (χ0n) is 8.40. The van der Waals surface area contributed by atoms with E-state index in [0.717, 1.165) is 0 Å². The Morgan fingerprint density at radius 3 is 2.67 bits per heavy atom. The molecule has 5 heteroatoms. The molecule has 0 aromatic heterocycles. The number of benzene rings is 1. The van der Waals surface area contributed by atoms with E-state index in [0.29, 0.717) is 18.9 Å². The van der Waals surface area contributed by atoms with Gasteiger partial charge in [0.15, 0.2) is 0 Å². The largest absolute Gasteiger partial charge is 0.508 e. The zero-order valence-corrected chi connectivity index (χ0v) is 8.40. The molecule has 0 saturated heterocycles. The first kappa shape index (κ1) is 11.2. The van der Waals surface area contributed by atoms with E-state index in [1.54, 1.807) is 12.1 Å². The third kappa shape index (κ3) is 4.21. The Balaban J connectivity index is 2.20. The van der Waals surface area contributed by atoms with Crippen LogP contribution >= 0.6 is 0 Å². The molecule has 0 heterocycles. The van der Waals surface area contributed by atoms with Crippen LogP contribution in [0.4, 0.5) is 4.79 Å². The second-order valence-electron chi connectivity index (χ2n) is 2.76. The van der Waals surface area contributed by atoms with Gasteiger partial charge in [0.05, 0.1) is 13.7 Å². The number of alkyl carbamates (subject to hydrolysis) is 1. The number of carbonyl (C=O) groups excluding carboxylic acids is 1. The lowest BCUT2D eigenvalue weighted by atomic mass is 10.3. The molecule has 1 aromatic rings. The molecule has 1 amide bonds. The molecule has 2 N–H and O–H groups in total. The summed E-state index contributed by atoms with van der Waals surface area (Å²) in [6.45, 7) is 0.716. The van der Waals surface area contributed by atoms with Crippen LogP contribution < -0.4 is 10.1 Å². The van der Waals surface area contributed by atoms with E-state index < -0.39 is 6.09 Å². The first-order valence-corrected chi connectivity index (χ1v) is 4.46. The zero-order chi connectivity index (χ0) is 11.1. The highest BCUT2D eigenvalue weighted by Crippen LogP contribution is 2.15. The highest BCUT2D eigenvalue weighted by Gasteiger charge is 1.97. The second-order valence-corrected chi connectivity index (χ2v) is 2.76. The van der Waals surface area contributed by atoms with Gasteiger partial charge >= 0.3 is 6.09 Å². The van der Waals surface area contributed by atoms with Gasteiger partial charge in [-0.2, -0.15) is 0 Å². The van der Waals surface area contributed by atoms with Gasteiger partial charge in [0.1, 0.15) is 18.1 Å². The van der Waals surface area contributed by atoms with Crippen LogP contribution in [0.25, 0.3) is 0 Å². The number of hydrogen-bond donors (Lipinski definition) is 2. The molecule has 0 saturated carbocycles. The summed E-state index contributed by atoms with van der Waals surface area (Å²) in [5.41, 5.74) is 0. The Labute approximate surface area is 87.6 Å². The molecular weight excluding hydrogens is 198 g/mol. The molecule has 1 aromatic carbocycles. The molecule has 0 spiro atoms. The summed E-state index contributed by atoms with van der Waals surface area (Å²) in [6.07, 6.45) is -0.482. The molecule has 0 aliphatic carbocycles. The number of nitrogens with one attached hydrogen (secondary N) is 1. The molecule has 5 nitrogen and oxygen atoms in total. The number of carbonyl (C=O) groups is 1. The number of aromatic hydroxyl groups is 1. The van der Waals surface area contributed by atoms with Crippen molar-refractivity contribution in [3.8, 4) is 11.5 Å². The predicted molar refractivity (Wildman–Crippen MR) is 54.0 cm³/mol. The molecule has 0 aliphatic heterocycles. The van der Waals surface area contributed by atoms with Crippen LogP contribution in [0.1, 0.15) is 0 Å². The number of methoxy groups -OCH3 is 1. The Morgan fingerprint density at radius 1 is 1.40 bits per heavy atom. The third-order valence-electron chi connectivity index (χ3n) is 1.66. The van der Waals surface area contributed by atoms with Gasteiger partial charge in [-0.1, -0.05) is 0 Å². The quantitative estimate of drug-likeness (QED) is 0.732. The lowest BCUT2D eigenvalue weighted by molar-refractivity contribution is 0.168. The van der Waals surface area contributed by atoms with Gasteiger partial charge in [-0.15, -0.1) is 0 Å². The smallest absolute Gasteiger partial charge is 0.406 e. The monoisotopic (exact) mass is 211 g/mol. The first-order valence-electron chi connectivity index (χ1n) is 4.46. The summed E-state index contributed by atoms with van der Waals surface area (Å²) in [6, 6.07) is 6.35. The van der Waals surface area contributed by atoms with Gasteiger partial charge in [-0.05, 0) is 24.3 Å². The molecule has 82 valence electrons. The van der Waals surface area contributed by atoms with E-state index in [9.17, 15) is 4.79 Å². The maximum atomic E-state index is 10.6. The van der Waals surface area contributed by atoms with Crippen molar-refractivity contribution in [2.75, 3.05) is 20.3 Å². The van der Waals surface area contributed by atoms with E-state index in [2.05, 4.69) is 10.1 Å².